The van der Waals surface area contributed by atoms with E-state index in [0.717, 1.165) is 38.8 Å². The first-order valence-electron chi connectivity index (χ1n) is 6.49. The molecule has 1 unspecified atom stereocenters. The van der Waals surface area contributed by atoms with Crippen molar-refractivity contribution in [3.63, 3.8) is 0 Å². The zero-order valence-electron chi connectivity index (χ0n) is 9.84. The average molecular weight is 226 g/mol. The van der Waals surface area contributed by atoms with Crippen LogP contribution in [0.5, 0.6) is 0 Å². The van der Waals surface area contributed by atoms with E-state index in [1.54, 1.807) is 0 Å². The molecule has 2 N–H and O–H groups in total. The van der Waals surface area contributed by atoms with E-state index in [4.69, 9.17) is 4.74 Å². The lowest BCUT2D eigenvalue weighted by molar-refractivity contribution is -0.124. The van der Waals surface area contributed by atoms with Gasteiger partial charge in [-0.3, -0.25) is 4.79 Å². The van der Waals surface area contributed by atoms with E-state index in [1.165, 1.54) is 12.8 Å². The Hall–Kier alpha value is -0.610. The molecule has 0 spiro atoms. The smallest absolute Gasteiger partial charge is 0.237 e. The highest BCUT2D eigenvalue weighted by Gasteiger charge is 2.21. The number of rotatable bonds is 3. The molecule has 92 valence electrons. The van der Waals surface area contributed by atoms with E-state index in [9.17, 15) is 4.79 Å². The molecular formula is C12H22N2O2. The highest BCUT2D eigenvalue weighted by molar-refractivity contribution is 5.81. The largest absolute Gasteiger partial charge is 0.376 e. The first kappa shape index (κ1) is 11.9. The molecule has 0 aromatic rings. The van der Waals surface area contributed by atoms with Crippen LogP contribution in [0, 0.1) is 0 Å². The second-order valence-electron chi connectivity index (χ2n) is 4.74. The summed E-state index contributed by atoms with van der Waals surface area (Å²) in [6, 6.07) is 0.0253. The summed E-state index contributed by atoms with van der Waals surface area (Å²) in [7, 11) is 0. The molecule has 0 bridgehead atoms. The van der Waals surface area contributed by atoms with Crippen LogP contribution >= 0.6 is 0 Å². The fraction of sp³-hybridized carbons (Fsp3) is 0.917. The number of hydrogen-bond acceptors (Lipinski definition) is 3. The molecule has 2 saturated heterocycles. The van der Waals surface area contributed by atoms with Gasteiger partial charge in [0.2, 0.25) is 5.91 Å². The monoisotopic (exact) mass is 226 g/mol. The van der Waals surface area contributed by atoms with E-state index in [0.29, 0.717) is 6.54 Å². The van der Waals surface area contributed by atoms with Crippen LogP contribution in [-0.2, 0) is 9.53 Å². The highest BCUT2D eigenvalue weighted by Crippen LogP contribution is 2.12. The van der Waals surface area contributed by atoms with Crippen LogP contribution in [0.25, 0.3) is 0 Å². The molecule has 2 atom stereocenters. The zero-order valence-corrected chi connectivity index (χ0v) is 9.84. The third-order valence-electron chi connectivity index (χ3n) is 3.40. The highest BCUT2D eigenvalue weighted by atomic mass is 16.5. The Labute approximate surface area is 97.1 Å². The lowest BCUT2D eigenvalue weighted by Crippen LogP contribution is -2.48. The van der Waals surface area contributed by atoms with Crippen molar-refractivity contribution in [2.24, 2.45) is 0 Å². The summed E-state index contributed by atoms with van der Waals surface area (Å²) >= 11 is 0. The fourth-order valence-corrected chi connectivity index (χ4v) is 2.38. The van der Waals surface area contributed by atoms with E-state index in [-0.39, 0.29) is 18.1 Å². The van der Waals surface area contributed by atoms with E-state index < -0.39 is 0 Å². The van der Waals surface area contributed by atoms with Gasteiger partial charge >= 0.3 is 0 Å². The van der Waals surface area contributed by atoms with E-state index in [1.807, 2.05) is 0 Å². The molecule has 16 heavy (non-hydrogen) atoms. The van der Waals surface area contributed by atoms with Crippen molar-refractivity contribution in [1.29, 1.82) is 0 Å². The second-order valence-corrected chi connectivity index (χ2v) is 4.74. The Morgan fingerprint density at radius 3 is 2.81 bits per heavy atom. The van der Waals surface area contributed by atoms with E-state index >= 15 is 0 Å². The van der Waals surface area contributed by atoms with Gasteiger partial charge in [-0.25, -0.2) is 0 Å². The van der Waals surface area contributed by atoms with Gasteiger partial charge in [0.25, 0.3) is 0 Å². The standard InChI is InChI=1S/C12H22N2O2/c15-12(11-6-1-3-7-13-11)14-9-10-5-2-4-8-16-10/h10-11,13H,1-9H2,(H,14,15)/t10?,11-/m0/s1. The van der Waals surface area contributed by atoms with Crippen molar-refractivity contribution in [1.82, 2.24) is 10.6 Å². The molecule has 1 amide bonds. The fourth-order valence-electron chi connectivity index (χ4n) is 2.38. The number of hydrogen-bond donors (Lipinski definition) is 2. The van der Waals surface area contributed by atoms with Crippen molar-refractivity contribution >= 4 is 5.91 Å². The maximum Gasteiger partial charge on any atom is 0.237 e. The van der Waals surface area contributed by atoms with Crippen molar-refractivity contribution in [3.05, 3.63) is 0 Å². The third-order valence-corrected chi connectivity index (χ3v) is 3.40. The first-order valence-corrected chi connectivity index (χ1v) is 6.49. The van der Waals surface area contributed by atoms with Gasteiger partial charge in [-0.05, 0) is 38.6 Å². The normalized spacial score (nSPS) is 31.0. The van der Waals surface area contributed by atoms with Crippen LogP contribution in [0.15, 0.2) is 0 Å². The molecule has 0 saturated carbocycles. The molecule has 2 fully saturated rings. The predicted octanol–water partition coefficient (Wildman–Crippen LogP) is 0.814. The minimum absolute atomic E-state index is 0.0253. The molecule has 2 aliphatic heterocycles. The SMILES string of the molecule is O=C(NCC1CCCCO1)[C@@H]1CCCCN1. The molecule has 0 aliphatic carbocycles. The van der Waals surface area contributed by atoms with Crippen molar-refractivity contribution in [3.8, 4) is 0 Å². The van der Waals surface area contributed by atoms with Crippen LogP contribution in [0.4, 0.5) is 0 Å². The van der Waals surface area contributed by atoms with Crippen LogP contribution in [0.1, 0.15) is 38.5 Å². The second kappa shape index (κ2) is 6.21. The van der Waals surface area contributed by atoms with Crippen LogP contribution < -0.4 is 10.6 Å². The Morgan fingerprint density at radius 1 is 1.25 bits per heavy atom. The molecule has 2 heterocycles. The topological polar surface area (TPSA) is 50.4 Å². The molecule has 4 nitrogen and oxygen atoms in total. The number of amides is 1. The Bertz CT molecular complexity index is 221. The van der Waals surface area contributed by atoms with Crippen LogP contribution in [0.2, 0.25) is 0 Å². The van der Waals surface area contributed by atoms with Crippen LogP contribution in [0.3, 0.4) is 0 Å². The third kappa shape index (κ3) is 3.46. The van der Waals surface area contributed by atoms with Gasteiger partial charge in [-0.1, -0.05) is 6.42 Å². The quantitative estimate of drug-likeness (QED) is 0.749. The summed E-state index contributed by atoms with van der Waals surface area (Å²) in [6.45, 7) is 2.50. The van der Waals surface area contributed by atoms with Gasteiger partial charge in [0.15, 0.2) is 0 Å². The van der Waals surface area contributed by atoms with Gasteiger partial charge in [0, 0.05) is 13.2 Å². The maximum atomic E-state index is 11.8. The average Bonchev–Trinajstić information content (AvgIpc) is 2.38. The summed E-state index contributed by atoms with van der Waals surface area (Å²) in [6.07, 6.45) is 7.02. The zero-order chi connectivity index (χ0) is 11.2. The van der Waals surface area contributed by atoms with Crippen molar-refractivity contribution in [2.75, 3.05) is 19.7 Å². The summed E-state index contributed by atoms with van der Waals surface area (Å²) < 4.78 is 5.58. The summed E-state index contributed by atoms with van der Waals surface area (Å²) in [5.41, 5.74) is 0. The van der Waals surface area contributed by atoms with Crippen molar-refractivity contribution in [2.45, 2.75) is 50.7 Å². The molecule has 0 aromatic heterocycles. The summed E-state index contributed by atoms with van der Waals surface area (Å²) in [5.74, 6) is 0.147. The minimum atomic E-state index is 0.0253. The van der Waals surface area contributed by atoms with Gasteiger partial charge in [-0.15, -0.1) is 0 Å². The lowest BCUT2D eigenvalue weighted by atomic mass is 10.0. The van der Waals surface area contributed by atoms with Gasteiger partial charge in [0.05, 0.1) is 12.1 Å². The van der Waals surface area contributed by atoms with Crippen molar-refractivity contribution < 1.29 is 9.53 Å². The van der Waals surface area contributed by atoms with Crippen LogP contribution in [-0.4, -0.2) is 37.7 Å². The molecular weight excluding hydrogens is 204 g/mol. The Balaban J connectivity index is 1.65. The number of ether oxygens (including phenoxy) is 1. The first-order chi connectivity index (χ1) is 7.86. The number of nitrogens with one attached hydrogen (secondary N) is 2. The molecule has 0 aromatic carbocycles. The number of carbonyl (C=O) groups excluding carboxylic acids is 1. The Kier molecular flexibility index (Phi) is 4.60. The Morgan fingerprint density at radius 2 is 2.12 bits per heavy atom. The predicted molar refractivity (Wildman–Crippen MR) is 62.2 cm³/mol. The summed E-state index contributed by atoms with van der Waals surface area (Å²) in [4.78, 5) is 11.8. The van der Waals surface area contributed by atoms with Gasteiger partial charge in [0.1, 0.15) is 0 Å². The number of piperidine rings is 1. The molecule has 4 heteroatoms. The van der Waals surface area contributed by atoms with Gasteiger partial charge < -0.3 is 15.4 Å². The molecule has 2 rings (SSSR count). The molecule has 0 radical (unpaired) electrons. The molecule has 2 aliphatic rings. The maximum absolute atomic E-state index is 11.8. The lowest BCUT2D eigenvalue weighted by Gasteiger charge is -2.26. The van der Waals surface area contributed by atoms with E-state index in [2.05, 4.69) is 10.6 Å². The number of carbonyl (C=O) groups is 1. The summed E-state index contributed by atoms with van der Waals surface area (Å²) in [5, 5.41) is 6.25. The minimum Gasteiger partial charge on any atom is -0.376 e. The van der Waals surface area contributed by atoms with Gasteiger partial charge in [-0.2, -0.15) is 0 Å².